The molecule has 1 aromatic heterocycles. The molecule has 1 heterocycles. The smallest absolute Gasteiger partial charge is 0.255 e. The lowest BCUT2D eigenvalue weighted by atomic mass is 10.1. The number of thiazole rings is 1. The minimum absolute atomic E-state index is 0.177. The zero-order valence-corrected chi connectivity index (χ0v) is 16.4. The molecule has 0 spiro atoms. The summed E-state index contributed by atoms with van der Waals surface area (Å²) in [4.78, 5) is 16.9. The number of hydrogen-bond donors (Lipinski definition) is 1. The number of aryl methyl sites for hydroxylation is 2. The van der Waals surface area contributed by atoms with E-state index in [9.17, 15) is 4.79 Å². The molecule has 0 saturated carbocycles. The third kappa shape index (κ3) is 4.46. The second-order valence-electron chi connectivity index (χ2n) is 6.05. The number of rotatable bonds is 7. The van der Waals surface area contributed by atoms with Gasteiger partial charge >= 0.3 is 0 Å². The van der Waals surface area contributed by atoms with Crippen LogP contribution in [0.15, 0.2) is 47.3 Å². The van der Waals surface area contributed by atoms with E-state index in [4.69, 9.17) is 9.47 Å². The summed E-state index contributed by atoms with van der Waals surface area (Å²) >= 11 is 1.52. The van der Waals surface area contributed by atoms with Gasteiger partial charge in [0.15, 0.2) is 11.5 Å². The molecule has 0 aliphatic rings. The Morgan fingerprint density at radius 3 is 2.78 bits per heavy atom. The fourth-order valence-electron chi connectivity index (χ4n) is 2.78. The van der Waals surface area contributed by atoms with Crippen LogP contribution in [-0.4, -0.2) is 18.0 Å². The van der Waals surface area contributed by atoms with Crippen molar-refractivity contribution in [3.05, 3.63) is 69.7 Å². The molecular weight excluding hydrogens is 360 g/mol. The van der Waals surface area contributed by atoms with E-state index in [-0.39, 0.29) is 5.91 Å². The zero-order chi connectivity index (χ0) is 19.2. The van der Waals surface area contributed by atoms with Gasteiger partial charge in [-0.2, -0.15) is 0 Å². The fourth-order valence-corrected chi connectivity index (χ4v) is 3.32. The molecule has 0 bridgehead atoms. The van der Waals surface area contributed by atoms with Gasteiger partial charge in [0.25, 0.3) is 5.91 Å². The van der Waals surface area contributed by atoms with Crippen LogP contribution in [0.25, 0.3) is 0 Å². The Labute approximate surface area is 163 Å². The van der Waals surface area contributed by atoms with Gasteiger partial charge in [-0.05, 0) is 42.7 Å². The molecule has 0 saturated heterocycles. The number of aromatic nitrogens is 1. The molecule has 6 heteroatoms. The summed E-state index contributed by atoms with van der Waals surface area (Å²) in [5.41, 5.74) is 6.15. The molecule has 140 valence electrons. The second kappa shape index (κ2) is 8.68. The third-order valence-electron chi connectivity index (χ3n) is 4.26. The average Bonchev–Trinajstić information content (AvgIpc) is 3.21. The van der Waals surface area contributed by atoms with Crippen molar-refractivity contribution in [2.75, 3.05) is 12.4 Å². The number of carbonyl (C=O) groups is 1. The number of carbonyl (C=O) groups excluding carboxylic acids is 1. The monoisotopic (exact) mass is 382 g/mol. The molecule has 0 atom stereocenters. The molecule has 0 radical (unpaired) electrons. The standard InChI is InChI=1S/C21H22N2O3S/c1-4-15-7-5-6-14(2)20(15)23-21(24)16-8-9-18(19(10-16)25-3)26-11-17-12-27-13-22-17/h5-10,12-13H,4,11H2,1-3H3,(H,23,24). The Hall–Kier alpha value is -2.86. The highest BCUT2D eigenvalue weighted by Crippen LogP contribution is 2.30. The van der Waals surface area contributed by atoms with Gasteiger partial charge in [0.2, 0.25) is 0 Å². The summed E-state index contributed by atoms with van der Waals surface area (Å²) in [5.74, 6) is 0.911. The summed E-state index contributed by atoms with van der Waals surface area (Å²) < 4.78 is 11.2. The lowest BCUT2D eigenvalue weighted by Gasteiger charge is -2.14. The van der Waals surface area contributed by atoms with Gasteiger partial charge in [0.05, 0.1) is 18.3 Å². The summed E-state index contributed by atoms with van der Waals surface area (Å²) in [6.07, 6.45) is 0.851. The van der Waals surface area contributed by atoms with Gasteiger partial charge in [-0.25, -0.2) is 4.98 Å². The summed E-state index contributed by atoms with van der Waals surface area (Å²) in [7, 11) is 1.56. The number of nitrogens with one attached hydrogen (secondary N) is 1. The molecular formula is C21H22N2O3S. The number of benzene rings is 2. The quantitative estimate of drug-likeness (QED) is 0.634. The number of amides is 1. The van der Waals surface area contributed by atoms with Crippen LogP contribution in [0.4, 0.5) is 5.69 Å². The van der Waals surface area contributed by atoms with Crippen LogP contribution in [0.1, 0.15) is 34.1 Å². The van der Waals surface area contributed by atoms with E-state index in [2.05, 4.69) is 17.2 Å². The average molecular weight is 382 g/mol. The maximum atomic E-state index is 12.7. The fraction of sp³-hybridized carbons (Fsp3) is 0.238. The van der Waals surface area contributed by atoms with E-state index in [1.807, 2.05) is 30.5 Å². The number of para-hydroxylation sites is 1. The Balaban J connectivity index is 1.77. The highest BCUT2D eigenvalue weighted by Gasteiger charge is 2.14. The highest BCUT2D eigenvalue weighted by atomic mass is 32.1. The molecule has 3 aromatic rings. The summed E-state index contributed by atoms with van der Waals surface area (Å²) in [5, 5.41) is 4.96. The van der Waals surface area contributed by atoms with E-state index < -0.39 is 0 Å². The van der Waals surface area contributed by atoms with Gasteiger partial charge in [-0.3, -0.25) is 4.79 Å². The Bertz CT molecular complexity index is 923. The van der Waals surface area contributed by atoms with E-state index >= 15 is 0 Å². The van der Waals surface area contributed by atoms with Crippen molar-refractivity contribution in [1.82, 2.24) is 4.98 Å². The normalized spacial score (nSPS) is 10.5. The summed E-state index contributed by atoms with van der Waals surface area (Å²) in [6, 6.07) is 11.2. The van der Waals surface area contributed by atoms with Gasteiger partial charge in [-0.15, -0.1) is 11.3 Å². The Morgan fingerprint density at radius 1 is 1.22 bits per heavy atom. The molecule has 0 aliphatic carbocycles. The van der Waals surface area contributed by atoms with Crippen molar-refractivity contribution in [3.63, 3.8) is 0 Å². The summed E-state index contributed by atoms with van der Waals surface area (Å²) in [6.45, 7) is 4.42. The van der Waals surface area contributed by atoms with E-state index in [0.717, 1.165) is 28.9 Å². The number of nitrogens with zero attached hydrogens (tertiary/aromatic N) is 1. The van der Waals surface area contributed by atoms with Crippen molar-refractivity contribution in [2.45, 2.75) is 26.9 Å². The first kappa shape index (κ1) is 18.9. The Kier molecular flexibility index (Phi) is 6.08. The number of ether oxygens (including phenoxy) is 2. The second-order valence-corrected chi connectivity index (χ2v) is 6.77. The molecule has 5 nitrogen and oxygen atoms in total. The van der Waals surface area contributed by atoms with Crippen LogP contribution in [0.5, 0.6) is 11.5 Å². The van der Waals surface area contributed by atoms with E-state index in [1.54, 1.807) is 30.8 Å². The molecule has 0 unspecified atom stereocenters. The predicted octanol–water partition coefficient (Wildman–Crippen LogP) is 4.85. The molecule has 1 N–H and O–H groups in total. The molecule has 0 aliphatic heterocycles. The highest BCUT2D eigenvalue weighted by molar-refractivity contribution is 7.07. The van der Waals surface area contributed by atoms with Crippen LogP contribution in [-0.2, 0) is 13.0 Å². The minimum Gasteiger partial charge on any atom is -0.493 e. The zero-order valence-electron chi connectivity index (χ0n) is 15.6. The molecule has 3 rings (SSSR count). The lowest BCUT2D eigenvalue weighted by molar-refractivity contribution is 0.102. The molecule has 27 heavy (non-hydrogen) atoms. The van der Waals surface area contributed by atoms with Gasteiger partial charge in [-0.1, -0.05) is 25.1 Å². The van der Waals surface area contributed by atoms with Crippen molar-refractivity contribution in [3.8, 4) is 11.5 Å². The van der Waals surface area contributed by atoms with Gasteiger partial charge < -0.3 is 14.8 Å². The maximum absolute atomic E-state index is 12.7. The van der Waals surface area contributed by atoms with Crippen molar-refractivity contribution in [1.29, 1.82) is 0 Å². The van der Waals surface area contributed by atoms with E-state index in [1.165, 1.54) is 11.3 Å². The van der Waals surface area contributed by atoms with Crippen molar-refractivity contribution >= 4 is 22.9 Å². The number of methoxy groups -OCH3 is 1. The van der Waals surface area contributed by atoms with Crippen LogP contribution < -0.4 is 14.8 Å². The topological polar surface area (TPSA) is 60.5 Å². The first-order valence-corrected chi connectivity index (χ1v) is 9.64. The number of anilines is 1. The van der Waals surface area contributed by atoms with Crippen molar-refractivity contribution in [2.24, 2.45) is 0 Å². The molecule has 2 aromatic carbocycles. The lowest BCUT2D eigenvalue weighted by Crippen LogP contribution is -2.14. The maximum Gasteiger partial charge on any atom is 0.255 e. The predicted molar refractivity (Wildman–Crippen MR) is 108 cm³/mol. The van der Waals surface area contributed by atoms with Crippen molar-refractivity contribution < 1.29 is 14.3 Å². The van der Waals surface area contributed by atoms with Gasteiger partial charge in [0.1, 0.15) is 6.61 Å². The van der Waals surface area contributed by atoms with Crippen LogP contribution in [0, 0.1) is 6.92 Å². The SMILES string of the molecule is CCc1cccc(C)c1NC(=O)c1ccc(OCc2cscn2)c(OC)c1. The van der Waals surface area contributed by atoms with Crippen LogP contribution in [0.2, 0.25) is 0 Å². The molecule has 0 fully saturated rings. The Morgan fingerprint density at radius 2 is 2.07 bits per heavy atom. The van der Waals surface area contributed by atoms with Crippen LogP contribution >= 0.6 is 11.3 Å². The minimum atomic E-state index is -0.177. The largest absolute Gasteiger partial charge is 0.493 e. The third-order valence-corrected chi connectivity index (χ3v) is 4.90. The van der Waals surface area contributed by atoms with Gasteiger partial charge in [0, 0.05) is 16.6 Å². The number of hydrogen-bond acceptors (Lipinski definition) is 5. The van der Waals surface area contributed by atoms with Crippen LogP contribution in [0.3, 0.4) is 0 Å². The first-order valence-electron chi connectivity index (χ1n) is 8.70. The first-order chi connectivity index (χ1) is 13.1. The van der Waals surface area contributed by atoms with E-state index in [0.29, 0.717) is 23.7 Å². The molecule has 1 amide bonds.